The zero-order valence-corrected chi connectivity index (χ0v) is 14.1. The highest BCUT2D eigenvalue weighted by molar-refractivity contribution is 7.09. The fourth-order valence-electron chi connectivity index (χ4n) is 3.15. The molecule has 0 aliphatic carbocycles. The molecule has 2 saturated heterocycles. The molecule has 0 aromatic carbocycles. The average Bonchev–Trinajstić information content (AvgIpc) is 3.16. The number of amides is 1. The first kappa shape index (κ1) is 15.9. The molecule has 2 aliphatic heterocycles. The van der Waals surface area contributed by atoms with Crippen LogP contribution in [-0.2, 0) is 22.5 Å². The summed E-state index contributed by atoms with van der Waals surface area (Å²) in [6.07, 6.45) is 2.94. The minimum Gasteiger partial charge on any atom is -0.381 e. The van der Waals surface area contributed by atoms with Crippen LogP contribution in [0.1, 0.15) is 30.5 Å². The Balaban J connectivity index is 1.52. The first-order valence-corrected chi connectivity index (χ1v) is 9.16. The van der Waals surface area contributed by atoms with Crippen LogP contribution >= 0.6 is 11.3 Å². The van der Waals surface area contributed by atoms with E-state index in [0.29, 0.717) is 12.5 Å². The molecular formula is C16H25N3O2S. The summed E-state index contributed by atoms with van der Waals surface area (Å²) in [5.41, 5.74) is 1.17. The van der Waals surface area contributed by atoms with Crippen LogP contribution in [0.4, 0.5) is 0 Å². The summed E-state index contributed by atoms with van der Waals surface area (Å²) >= 11 is 1.75. The Morgan fingerprint density at radius 1 is 1.41 bits per heavy atom. The molecule has 0 unspecified atom stereocenters. The van der Waals surface area contributed by atoms with Gasteiger partial charge in [-0.25, -0.2) is 4.98 Å². The predicted octanol–water partition coefficient (Wildman–Crippen LogP) is 1.78. The van der Waals surface area contributed by atoms with Crippen molar-refractivity contribution in [3.63, 3.8) is 0 Å². The summed E-state index contributed by atoms with van der Waals surface area (Å²) in [5, 5.41) is 3.38. The average molecular weight is 323 g/mol. The SMILES string of the molecule is CCc1nc(CN2CCCN(C(=O)[C@H]3CCOC3)CC2)cs1. The van der Waals surface area contributed by atoms with Crippen LogP contribution < -0.4 is 0 Å². The van der Waals surface area contributed by atoms with Crippen molar-refractivity contribution >= 4 is 17.2 Å². The molecular weight excluding hydrogens is 298 g/mol. The van der Waals surface area contributed by atoms with E-state index in [1.54, 1.807) is 11.3 Å². The fourth-order valence-corrected chi connectivity index (χ4v) is 3.89. The molecule has 2 aliphatic rings. The van der Waals surface area contributed by atoms with E-state index in [-0.39, 0.29) is 5.92 Å². The van der Waals surface area contributed by atoms with E-state index in [1.807, 2.05) is 4.90 Å². The summed E-state index contributed by atoms with van der Waals surface area (Å²) in [7, 11) is 0. The number of aromatic nitrogens is 1. The van der Waals surface area contributed by atoms with Gasteiger partial charge < -0.3 is 9.64 Å². The van der Waals surface area contributed by atoms with Gasteiger partial charge in [-0.3, -0.25) is 9.69 Å². The molecule has 0 spiro atoms. The van der Waals surface area contributed by atoms with Crippen LogP contribution in [0.25, 0.3) is 0 Å². The maximum absolute atomic E-state index is 12.5. The third-order valence-corrected chi connectivity index (χ3v) is 5.51. The Morgan fingerprint density at radius 2 is 2.32 bits per heavy atom. The van der Waals surface area contributed by atoms with Gasteiger partial charge in [-0.2, -0.15) is 0 Å². The number of hydrogen-bond acceptors (Lipinski definition) is 5. The summed E-state index contributed by atoms with van der Waals surface area (Å²) < 4.78 is 5.35. The van der Waals surface area contributed by atoms with Crippen molar-refractivity contribution in [3.8, 4) is 0 Å². The Hall–Kier alpha value is -0.980. The van der Waals surface area contributed by atoms with Gasteiger partial charge in [-0.05, 0) is 19.3 Å². The molecule has 0 radical (unpaired) electrons. The lowest BCUT2D eigenvalue weighted by molar-refractivity contribution is -0.135. The van der Waals surface area contributed by atoms with E-state index in [2.05, 4.69) is 22.2 Å². The molecule has 3 heterocycles. The van der Waals surface area contributed by atoms with Gasteiger partial charge in [-0.1, -0.05) is 6.92 Å². The van der Waals surface area contributed by atoms with Crippen LogP contribution in [0.2, 0.25) is 0 Å². The molecule has 1 aromatic rings. The lowest BCUT2D eigenvalue weighted by Crippen LogP contribution is -2.39. The van der Waals surface area contributed by atoms with Crippen LogP contribution in [0, 0.1) is 5.92 Å². The summed E-state index contributed by atoms with van der Waals surface area (Å²) in [6.45, 7) is 8.10. The van der Waals surface area contributed by atoms with Crippen LogP contribution in [0.3, 0.4) is 0 Å². The van der Waals surface area contributed by atoms with E-state index in [0.717, 1.165) is 58.6 Å². The Labute approximate surface area is 136 Å². The number of hydrogen-bond donors (Lipinski definition) is 0. The number of carbonyl (C=O) groups is 1. The quantitative estimate of drug-likeness (QED) is 0.847. The molecule has 1 atom stereocenters. The van der Waals surface area contributed by atoms with Crippen molar-refractivity contribution in [2.75, 3.05) is 39.4 Å². The zero-order chi connectivity index (χ0) is 15.4. The largest absolute Gasteiger partial charge is 0.381 e. The van der Waals surface area contributed by atoms with Crippen molar-refractivity contribution < 1.29 is 9.53 Å². The van der Waals surface area contributed by atoms with Gasteiger partial charge in [-0.15, -0.1) is 11.3 Å². The van der Waals surface area contributed by atoms with Crippen molar-refractivity contribution in [3.05, 3.63) is 16.1 Å². The molecule has 3 rings (SSSR count). The Morgan fingerprint density at radius 3 is 3.05 bits per heavy atom. The third-order valence-electron chi connectivity index (χ3n) is 4.47. The second-order valence-electron chi connectivity index (χ2n) is 6.10. The van der Waals surface area contributed by atoms with Gasteiger partial charge in [0.2, 0.25) is 5.91 Å². The van der Waals surface area contributed by atoms with Gasteiger partial charge >= 0.3 is 0 Å². The molecule has 22 heavy (non-hydrogen) atoms. The summed E-state index contributed by atoms with van der Waals surface area (Å²) in [4.78, 5) is 21.6. The third kappa shape index (κ3) is 3.86. The van der Waals surface area contributed by atoms with Gasteiger partial charge in [0.25, 0.3) is 0 Å². The number of nitrogens with zero attached hydrogens (tertiary/aromatic N) is 3. The van der Waals surface area contributed by atoms with Crippen LogP contribution in [0.5, 0.6) is 0 Å². The second-order valence-corrected chi connectivity index (χ2v) is 7.04. The van der Waals surface area contributed by atoms with Crippen molar-refractivity contribution in [1.29, 1.82) is 0 Å². The van der Waals surface area contributed by atoms with Crippen LogP contribution in [0.15, 0.2) is 5.38 Å². The van der Waals surface area contributed by atoms with Crippen molar-refractivity contribution in [2.45, 2.75) is 32.7 Å². The second kappa shape index (κ2) is 7.53. The summed E-state index contributed by atoms with van der Waals surface area (Å²) in [5.74, 6) is 0.387. The minimum atomic E-state index is 0.0946. The van der Waals surface area contributed by atoms with Gasteiger partial charge in [0.1, 0.15) is 0 Å². The molecule has 2 fully saturated rings. The van der Waals surface area contributed by atoms with E-state index >= 15 is 0 Å². The van der Waals surface area contributed by atoms with Gasteiger partial charge in [0.05, 0.1) is 23.2 Å². The smallest absolute Gasteiger partial charge is 0.228 e. The number of ether oxygens (including phenoxy) is 1. The standard InChI is InChI=1S/C16H25N3O2S/c1-2-15-17-14(12-22-15)10-18-5-3-6-19(8-7-18)16(20)13-4-9-21-11-13/h12-13H,2-11H2,1H3/t13-/m0/s1. The van der Waals surface area contributed by atoms with E-state index in [4.69, 9.17) is 4.74 Å². The van der Waals surface area contributed by atoms with Gasteiger partial charge in [0, 0.05) is 44.7 Å². The molecule has 5 nitrogen and oxygen atoms in total. The number of rotatable bonds is 4. The lowest BCUT2D eigenvalue weighted by Gasteiger charge is -2.23. The van der Waals surface area contributed by atoms with E-state index in [1.165, 1.54) is 10.7 Å². The highest BCUT2D eigenvalue weighted by Gasteiger charge is 2.29. The lowest BCUT2D eigenvalue weighted by atomic mass is 10.1. The molecule has 0 saturated carbocycles. The first-order chi connectivity index (χ1) is 10.8. The van der Waals surface area contributed by atoms with Crippen molar-refractivity contribution in [1.82, 2.24) is 14.8 Å². The minimum absolute atomic E-state index is 0.0946. The molecule has 0 N–H and O–H groups in total. The monoisotopic (exact) mass is 323 g/mol. The topological polar surface area (TPSA) is 45.7 Å². The molecule has 6 heteroatoms. The first-order valence-electron chi connectivity index (χ1n) is 8.28. The maximum atomic E-state index is 12.5. The highest BCUT2D eigenvalue weighted by atomic mass is 32.1. The van der Waals surface area contributed by atoms with E-state index < -0.39 is 0 Å². The maximum Gasteiger partial charge on any atom is 0.228 e. The van der Waals surface area contributed by atoms with Gasteiger partial charge in [0.15, 0.2) is 0 Å². The summed E-state index contributed by atoms with van der Waals surface area (Å²) in [6, 6.07) is 0. The molecule has 122 valence electrons. The number of carbonyl (C=O) groups excluding carboxylic acids is 1. The normalized spacial score (nSPS) is 23.7. The Bertz CT molecular complexity index is 499. The fraction of sp³-hybridized carbons (Fsp3) is 0.750. The zero-order valence-electron chi connectivity index (χ0n) is 13.3. The number of thiazole rings is 1. The Kier molecular flexibility index (Phi) is 5.44. The predicted molar refractivity (Wildman–Crippen MR) is 86.9 cm³/mol. The molecule has 1 aromatic heterocycles. The van der Waals surface area contributed by atoms with Crippen LogP contribution in [-0.4, -0.2) is 60.1 Å². The van der Waals surface area contributed by atoms with E-state index in [9.17, 15) is 4.79 Å². The molecule has 1 amide bonds. The highest BCUT2D eigenvalue weighted by Crippen LogP contribution is 2.18. The van der Waals surface area contributed by atoms with Crippen molar-refractivity contribution in [2.24, 2.45) is 5.92 Å². The molecule has 0 bridgehead atoms. The number of aryl methyl sites for hydroxylation is 1.